The van der Waals surface area contributed by atoms with E-state index in [-0.39, 0.29) is 25.0 Å². The predicted octanol–water partition coefficient (Wildman–Crippen LogP) is 7.71. The molecule has 312 valence electrons. The lowest BCUT2D eigenvalue weighted by Gasteiger charge is -2.68. The lowest BCUT2D eigenvalue weighted by atomic mass is 9.44. The van der Waals surface area contributed by atoms with Gasteiger partial charge in [0.25, 0.3) is 0 Å². The first-order valence-electron chi connectivity index (χ1n) is 20.8. The van der Waals surface area contributed by atoms with Crippen LogP contribution in [0.3, 0.4) is 0 Å². The Morgan fingerprint density at radius 2 is 1.39 bits per heavy atom. The third-order valence-corrected chi connectivity index (χ3v) is 24.1. The molecule has 9 atom stereocenters. The molecular formula is C43H66O11Si2. The highest BCUT2D eigenvalue weighted by Gasteiger charge is 2.79. The minimum atomic E-state index is -2.49. The Morgan fingerprint density at radius 1 is 0.839 bits per heavy atom. The van der Waals surface area contributed by atoms with Crippen LogP contribution in [0.25, 0.3) is 0 Å². The Morgan fingerprint density at radius 3 is 1.88 bits per heavy atom. The van der Waals surface area contributed by atoms with Crippen LogP contribution >= 0.6 is 0 Å². The zero-order valence-electron chi connectivity index (χ0n) is 35.7. The summed E-state index contributed by atoms with van der Waals surface area (Å²) in [5.74, 6) is -3.61. The topological polar surface area (TPSA) is 144 Å². The first-order chi connectivity index (χ1) is 26.3. The first kappa shape index (κ1) is 44.4. The van der Waals surface area contributed by atoms with Crippen LogP contribution in [0.2, 0.25) is 36.3 Å². The van der Waals surface area contributed by atoms with E-state index in [4.69, 9.17) is 27.8 Å². The number of hydrogen-bond acceptors (Lipinski definition) is 11. The van der Waals surface area contributed by atoms with Crippen LogP contribution in [0, 0.1) is 16.7 Å². The molecule has 5 rings (SSSR count). The molecule has 3 fully saturated rings. The van der Waals surface area contributed by atoms with Gasteiger partial charge in [0, 0.05) is 32.1 Å². The van der Waals surface area contributed by atoms with Crippen molar-refractivity contribution in [1.82, 2.24) is 0 Å². The van der Waals surface area contributed by atoms with Crippen LogP contribution in [-0.4, -0.2) is 93.8 Å². The Labute approximate surface area is 335 Å². The maximum atomic E-state index is 16.1. The molecule has 0 unspecified atom stereocenters. The van der Waals surface area contributed by atoms with Gasteiger partial charge in [0.05, 0.1) is 35.7 Å². The number of ether oxygens (including phenoxy) is 4. The molecule has 1 aromatic carbocycles. The van der Waals surface area contributed by atoms with E-state index in [2.05, 4.69) is 41.5 Å². The lowest BCUT2D eigenvalue weighted by molar-refractivity contribution is -0.344. The standard InChI is InChI=1S/C43H66O11Si2/c1-13-55(14-2,15-3)53-31-25-43(48)38(51-39(47)30-22-20-19-21-23-30)36-41(12,37(46)35(50-28(8)44)34(27(31)7)40(43,10)11)32(54-56(16-4,17-5)18-6)24-33-42(36,26-49-33)52-29(9)45/h19-23,31-33,35-36,38,48H,13-18,24-26H2,1-12H3/t31-,32-,33+,35+,36-,38-,41+,42-,43+/m0/s1. The summed E-state index contributed by atoms with van der Waals surface area (Å²) in [5, 5.41) is 14.0. The molecule has 1 aromatic rings. The van der Waals surface area contributed by atoms with Crippen LogP contribution in [0.4, 0.5) is 0 Å². The van der Waals surface area contributed by atoms with E-state index in [9.17, 15) is 19.5 Å². The van der Waals surface area contributed by atoms with E-state index < -0.39 is 98.8 Å². The van der Waals surface area contributed by atoms with Gasteiger partial charge < -0.3 is 32.9 Å². The fourth-order valence-corrected chi connectivity index (χ4v) is 16.6. The molecule has 1 aliphatic heterocycles. The Bertz CT molecular complexity index is 1670. The van der Waals surface area contributed by atoms with E-state index in [1.54, 1.807) is 37.3 Å². The molecule has 13 heteroatoms. The molecule has 56 heavy (non-hydrogen) atoms. The van der Waals surface area contributed by atoms with Crippen LogP contribution in [0.5, 0.6) is 0 Å². The molecule has 3 aliphatic carbocycles. The summed E-state index contributed by atoms with van der Waals surface area (Å²) in [6.07, 6.45) is -4.94. The predicted molar refractivity (Wildman–Crippen MR) is 217 cm³/mol. The number of hydrogen-bond donors (Lipinski definition) is 1. The number of rotatable bonds is 14. The average molecular weight is 815 g/mol. The van der Waals surface area contributed by atoms with Crippen molar-refractivity contribution in [3.8, 4) is 0 Å². The lowest BCUT2D eigenvalue weighted by Crippen LogP contribution is -2.82. The third kappa shape index (κ3) is 6.99. The number of fused-ring (bicyclic) bond motifs is 5. The SMILES string of the molecule is CC[Si](CC)(CC)O[C@H]1C[C@@]2(O)[C@@H](OC(=O)c3ccccc3)[C@@H]3[C@]4(OC(C)=O)CO[C@@H]4C[C@H](O[Si](CC)(CC)CC)[C@@]3(C)C(=O)[C@H](OC(C)=O)C(=C1C)C2(C)C. The van der Waals surface area contributed by atoms with Crippen molar-refractivity contribution in [2.24, 2.45) is 16.7 Å². The molecule has 1 N–H and O–H groups in total. The van der Waals surface area contributed by atoms with Gasteiger partial charge in [-0.25, -0.2) is 4.79 Å². The number of carbonyl (C=O) groups excluding carboxylic acids is 4. The molecule has 4 aliphatic rings. The summed E-state index contributed by atoms with van der Waals surface area (Å²) in [7, 11) is -4.87. The average Bonchev–Trinajstić information content (AvgIpc) is 3.16. The number of esters is 3. The molecule has 2 bridgehead atoms. The monoisotopic (exact) mass is 814 g/mol. The summed E-state index contributed by atoms with van der Waals surface area (Å²) in [6.45, 7) is 22.5. The van der Waals surface area contributed by atoms with Crippen molar-refractivity contribution in [3.63, 3.8) is 0 Å². The number of carbonyl (C=O) groups is 4. The maximum absolute atomic E-state index is 16.1. The van der Waals surface area contributed by atoms with Crippen molar-refractivity contribution >= 4 is 40.3 Å². The van der Waals surface area contributed by atoms with Gasteiger partial charge in [0.15, 0.2) is 34.1 Å². The summed E-state index contributed by atoms with van der Waals surface area (Å²) < 4.78 is 40.1. The van der Waals surface area contributed by atoms with Gasteiger partial charge in [-0.05, 0) is 73.4 Å². The van der Waals surface area contributed by atoms with Gasteiger partial charge in [0.1, 0.15) is 17.8 Å². The van der Waals surface area contributed by atoms with Crippen molar-refractivity contribution in [3.05, 3.63) is 47.0 Å². The van der Waals surface area contributed by atoms with E-state index in [0.717, 1.165) is 36.3 Å². The highest BCUT2D eigenvalue weighted by Crippen LogP contribution is 2.65. The van der Waals surface area contributed by atoms with Crippen LogP contribution < -0.4 is 0 Å². The Kier molecular flexibility index (Phi) is 12.8. The smallest absolute Gasteiger partial charge is 0.338 e. The van der Waals surface area contributed by atoms with Crippen LogP contribution in [-0.2, 0) is 42.2 Å². The van der Waals surface area contributed by atoms with Crippen LogP contribution in [0.15, 0.2) is 41.5 Å². The molecule has 1 heterocycles. The number of ketones is 1. The van der Waals surface area contributed by atoms with Gasteiger partial charge in [0.2, 0.25) is 0 Å². The highest BCUT2D eigenvalue weighted by atomic mass is 28.4. The van der Waals surface area contributed by atoms with E-state index >= 15 is 4.79 Å². The molecule has 2 saturated carbocycles. The van der Waals surface area contributed by atoms with Gasteiger partial charge in [-0.15, -0.1) is 0 Å². The largest absolute Gasteiger partial charge is 0.455 e. The van der Waals surface area contributed by atoms with E-state index in [1.807, 2.05) is 20.8 Å². The van der Waals surface area contributed by atoms with Gasteiger partial charge in [-0.3, -0.25) is 14.4 Å². The van der Waals surface area contributed by atoms with Crippen molar-refractivity contribution in [1.29, 1.82) is 0 Å². The van der Waals surface area contributed by atoms with Gasteiger partial charge >= 0.3 is 17.9 Å². The fourth-order valence-electron chi connectivity index (χ4n) is 10.8. The Balaban J connectivity index is 1.92. The summed E-state index contributed by atoms with van der Waals surface area (Å²) in [4.78, 5) is 57.1. The molecule has 0 radical (unpaired) electrons. The minimum absolute atomic E-state index is 0.00908. The summed E-state index contributed by atoms with van der Waals surface area (Å²) in [6, 6.07) is 13.4. The second kappa shape index (κ2) is 16.2. The minimum Gasteiger partial charge on any atom is -0.455 e. The van der Waals surface area contributed by atoms with E-state index in [1.165, 1.54) is 13.8 Å². The molecular weight excluding hydrogens is 749 g/mol. The molecule has 11 nitrogen and oxygen atoms in total. The van der Waals surface area contributed by atoms with Crippen molar-refractivity contribution in [2.45, 2.75) is 174 Å². The van der Waals surface area contributed by atoms with Gasteiger partial charge in [-0.2, -0.15) is 0 Å². The molecule has 1 saturated heterocycles. The van der Waals surface area contributed by atoms with Gasteiger partial charge in [-0.1, -0.05) is 73.6 Å². The number of aliphatic hydroxyl groups is 1. The molecule has 0 amide bonds. The fraction of sp³-hybridized carbons (Fsp3) is 0.721. The number of benzene rings is 1. The zero-order chi connectivity index (χ0) is 41.6. The van der Waals surface area contributed by atoms with Crippen LogP contribution in [0.1, 0.15) is 106 Å². The Hall–Kier alpha value is -2.69. The highest BCUT2D eigenvalue weighted by molar-refractivity contribution is 6.74. The second-order valence-electron chi connectivity index (χ2n) is 17.4. The van der Waals surface area contributed by atoms with Crippen molar-refractivity contribution < 1.29 is 52.1 Å². The van der Waals surface area contributed by atoms with E-state index in [0.29, 0.717) is 11.1 Å². The maximum Gasteiger partial charge on any atom is 0.338 e. The quantitative estimate of drug-likeness (QED) is 0.0854. The van der Waals surface area contributed by atoms with Crippen molar-refractivity contribution in [2.75, 3.05) is 6.61 Å². The second-order valence-corrected chi connectivity index (χ2v) is 26.9. The number of Topliss-reactive ketones (excluding diaryl/α,β-unsaturated/α-hetero) is 1. The molecule has 0 aromatic heterocycles. The third-order valence-electron chi connectivity index (χ3n) is 14.8. The summed E-state index contributed by atoms with van der Waals surface area (Å²) in [5.41, 5.74) is -5.03. The normalized spacial score (nSPS) is 33.9. The summed E-state index contributed by atoms with van der Waals surface area (Å²) >= 11 is 0. The first-order valence-corrected chi connectivity index (χ1v) is 25.9. The molecule has 0 spiro atoms. The zero-order valence-corrected chi connectivity index (χ0v) is 37.7.